The van der Waals surface area contributed by atoms with Gasteiger partial charge in [0.25, 0.3) is 0 Å². The monoisotopic (exact) mass is 412 g/mol. The van der Waals surface area contributed by atoms with Crippen LogP contribution in [0.25, 0.3) is 0 Å². The molecule has 1 amide bonds. The average molecular weight is 412 g/mol. The van der Waals surface area contributed by atoms with E-state index in [-0.39, 0.29) is 23.9 Å². The van der Waals surface area contributed by atoms with Gasteiger partial charge in [-0.05, 0) is 74.7 Å². The summed E-state index contributed by atoms with van der Waals surface area (Å²) in [5.74, 6) is -1.06. The van der Waals surface area contributed by atoms with Gasteiger partial charge in [-0.3, -0.25) is 19.4 Å². The normalized spacial score (nSPS) is 19.6. The Balaban J connectivity index is 1.72. The molecule has 0 saturated carbocycles. The molecule has 4 rings (SSSR count). The quantitative estimate of drug-likeness (QED) is 0.670. The number of carbonyl (C=O) groups excluding carboxylic acids is 2. The van der Waals surface area contributed by atoms with E-state index in [0.29, 0.717) is 16.8 Å². The van der Waals surface area contributed by atoms with Gasteiger partial charge in [-0.1, -0.05) is 6.42 Å². The lowest BCUT2D eigenvalue weighted by molar-refractivity contribution is -0.123. The number of Topliss-reactive ketones (excluding diaryl/α,β-unsaturated/α-hetero) is 1. The molecule has 2 aromatic rings. The van der Waals surface area contributed by atoms with Crippen molar-refractivity contribution in [3.05, 3.63) is 65.2 Å². The number of amides is 1. The van der Waals surface area contributed by atoms with Gasteiger partial charge in [0.2, 0.25) is 5.91 Å². The van der Waals surface area contributed by atoms with E-state index in [2.05, 4.69) is 4.90 Å². The molecule has 0 radical (unpaired) electrons. The van der Waals surface area contributed by atoms with Gasteiger partial charge in [-0.2, -0.15) is 0 Å². The number of fused-ring (bicyclic) bond motifs is 1. The maximum atomic E-state index is 14.0. The highest BCUT2D eigenvalue weighted by Gasteiger charge is 2.48. The lowest BCUT2D eigenvalue weighted by Gasteiger charge is -2.40. The zero-order valence-electron chi connectivity index (χ0n) is 17.3. The minimum Gasteiger partial charge on any atom is -0.295 e. The first-order valence-electron chi connectivity index (χ1n) is 10.5. The SMILES string of the molecule is CC1(C)C(=O)N(C(CC(=O)c2ccc(F)cc2)N2CCCCC2)c2ccc(F)cc21. The van der Waals surface area contributed by atoms with Crippen molar-refractivity contribution < 1.29 is 18.4 Å². The van der Waals surface area contributed by atoms with Gasteiger partial charge in [0.05, 0.1) is 11.6 Å². The van der Waals surface area contributed by atoms with Gasteiger partial charge in [0.1, 0.15) is 11.6 Å². The van der Waals surface area contributed by atoms with E-state index >= 15 is 0 Å². The third-order valence-electron chi connectivity index (χ3n) is 6.29. The zero-order valence-corrected chi connectivity index (χ0v) is 17.3. The Morgan fingerprint density at radius 3 is 2.30 bits per heavy atom. The van der Waals surface area contributed by atoms with Crippen molar-refractivity contribution in [2.45, 2.75) is 51.1 Å². The second kappa shape index (κ2) is 7.91. The van der Waals surface area contributed by atoms with Crippen LogP contribution in [0.1, 0.15) is 55.5 Å². The summed E-state index contributed by atoms with van der Waals surface area (Å²) in [4.78, 5) is 30.4. The number of hydrogen-bond donors (Lipinski definition) is 0. The maximum absolute atomic E-state index is 14.0. The molecular formula is C24H26F2N2O2. The molecule has 0 aromatic heterocycles. The molecule has 6 heteroatoms. The second-order valence-corrected chi connectivity index (χ2v) is 8.67. The molecule has 1 saturated heterocycles. The average Bonchev–Trinajstić information content (AvgIpc) is 2.93. The van der Waals surface area contributed by atoms with E-state index in [4.69, 9.17) is 0 Å². The van der Waals surface area contributed by atoms with E-state index in [0.717, 1.165) is 32.4 Å². The van der Waals surface area contributed by atoms with Gasteiger partial charge in [-0.15, -0.1) is 0 Å². The molecular weight excluding hydrogens is 386 g/mol. The fraction of sp³-hybridized carbons (Fsp3) is 0.417. The van der Waals surface area contributed by atoms with Crippen LogP contribution in [-0.4, -0.2) is 35.8 Å². The summed E-state index contributed by atoms with van der Waals surface area (Å²) in [7, 11) is 0. The molecule has 2 heterocycles. The summed E-state index contributed by atoms with van der Waals surface area (Å²) in [6.45, 7) is 5.18. The van der Waals surface area contributed by atoms with Crippen molar-refractivity contribution in [1.29, 1.82) is 0 Å². The van der Waals surface area contributed by atoms with Gasteiger partial charge >= 0.3 is 0 Å². The molecule has 1 atom stereocenters. The van der Waals surface area contributed by atoms with E-state index in [1.54, 1.807) is 24.8 Å². The minimum atomic E-state index is -0.871. The summed E-state index contributed by atoms with van der Waals surface area (Å²) >= 11 is 0. The Morgan fingerprint density at radius 2 is 1.63 bits per heavy atom. The number of hydrogen-bond acceptors (Lipinski definition) is 3. The van der Waals surface area contributed by atoms with Crippen LogP contribution in [0.4, 0.5) is 14.5 Å². The Morgan fingerprint density at radius 1 is 1.00 bits per heavy atom. The van der Waals surface area contributed by atoms with Crippen LogP contribution in [-0.2, 0) is 10.2 Å². The summed E-state index contributed by atoms with van der Waals surface area (Å²) in [5, 5.41) is 0. The fourth-order valence-electron chi connectivity index (χ4n) is 4.56. The van der Waals surface area contributed by atoms with Crippen LogP contribution in [0.5, 0.6) is 0 Å². The van der Waals surface area contributed by atoms with E-state index in [1.165, 1.54) is 36.4 Å². The lowest BCUT2D eigenvalue weighted by atomic mass is 9.86. The summed E-state index contributed by atoms with van der Waals surface area (Å²) in [6, 6.07) is 9.90. The number of nitrogens with zero attached hydrogens (tertiary/aromatic N) is 2. The highest BCUT2D eigenvalue weighted by molar-refractivity contribution is 6.08. The van der Waals surface area contributed by atoms with Gasteiger partial charge in [0, 0.05) is 30.8 Å². The van der Waals surface area contributed by atoms with Crippen molar-refractivity contribution in [1.82, 2.24) is 4.90 Å². The summed E-state index contributed by atoms with van der Waals surface area (Å²) < 4.78 is 27.2. The standard InChI is InChI=1S/C24H26F2N2O2/c1-24(2)19-14-18(26)10-11-20(19)28(23(24)30)22(27-12-4-3-5-13-27)15-21(29)16-6-8-17(25)9-7-16/h6-11,14,22H,3-5,12-13,15H2,1-2H3. The largest absolute Gasteiger partial charge is 0.295 e. The number of likely N-dealkylation sites (tertiary alicyclic amines) is 1. The molecule has 0 N–H and O–H groups in total. The third kappa shape index (κ3) is 3.65. The topological polar surface area (TPSA) is 40.6 Å². The number of piperidine rings is 1. The van der Waals surface area contributed by atoms with Crippen LogP contribution in [0, 0.1) is 11.6 Å². The zero-order chi connectivity index (χ0) is 21.5. The van der Waals surface area contributed by atoms with Crippen molar-refractivity contribution in [2.24, 2.45) is 0 Å². The van der Waals surface area contributed by atoms with Crippen molar-refractivity contribution in [2.75, 3.05) is 18.0 Å². The van der Waals surface area contributed by atoms with Crippen molar-refractivity contribution >= 4 is 17.4 Å². The van der Waals surface area contributed by atoms with Gasteiger partial charge in [0.15, 0.2) is 5.78 Å². The third-order valence-corrected chi connectivity index (χ3v) is 6.29. The highest BCUT2D eigenvalue weighted by atomic mass is 19.1. The Hall–Kier alpha value is -2.60. The molecule has 2 aliphatic heterocycles. The Kier molecular flexibility index (Phi) is 5.45. The van der Waals surface area contributed by atoms with E-state index in [1.807, 2.05) is 0 Å². The number of anilines is 1. The first-order valence-corrected chi connectivity index (χ1v) is 10.5. The molecule has 2 aliphatic rings. The van der Waals surface area contributed by atoms with Crippen LogP contribution < -0.4 is 4.90 Å². The first kappa shape index (κ1) is 20.7. The molecule has 0 bridgehead atoms. The van der Waals surface area contributed by atoms with Gasteiger partial charge in [-0.25, -0.2) is 8.78 Å². The smallest absolute Gasteiger partial charge is 0.238 e. The molecule has 1 unspecified atom stereocenters. The molecule has 30 heavy (non-hydrogen) atoms. The number of rotatable bonds is 5. The maximum Gasteiger partial charge on any atom is 0.238 e. The first-order chi connectivity index (χ1) is 14.3. The Bertz CT molecular complexity index is 966. The number of halogens is 2. The van der Waals surface area contributed by atoms with Crippen LogP contribution >= 0.6 is 0 Å². The molecule has 158 valence electrons. The number of ketones is 1. The van der Waals surface area contributed by atoms with Crippen LogP contribution in [0.2, 0.25) is 0 Å². The van der Waals surface area contributed by atoms with E-state index in [9.17, 15) is 18.4 Å². The number of carbonyl (C=O) groups is 2. The molecule has 0 aliphatic carbocycles. The van der Waals surface area contributed by atoms with Gasteiger partial charge < -0.3 is 0 Å². The molecule has 0 spiro atoms. The molecule has 2 aromatic carbocycles. The predicted molar refractivity (Wildman–Crippen MR) is 111 cm³/mol. The Labute approximate surface area is 175 Å². The minimum absolute atomic E-state index is 0.101. The summed E-state index contributed by atoms with van der Waals surface area (Å²) in [6.07, 6.45) is 2.77. The summed E-state index contributed by atoms with van der Waals surface area (Å²) in [5.41, 5.74) is 0.853. The van der Waals surface area contributed by atoms with Crippen LogP contribution in [0.15, 0.2) is 42.5 Å². The number of benzene rings is 2. The lowest BCUT2D eigenvalue weighted by Crippen LogP contribution is -2.54. The predicted octanol–water partition coefficient (Wildman–Crippen LogP) is 4.67. The highest BCUT2D eigenvalue weighted by Crippen LogP contribution is 2.44. The molecule has 4 nitrogen and oxygen atoms in total. The van der Waals surface area contributed by atoms with Crippen LogP contribution in [0.3, 0.4) is 0 Å². The molecule has 1 fully saturated rings. The van der Waals surface area contributed by atoms with E-state index < -0.39 is 17.4 Å². The van der Waals surface area contributed by atoms with Crippen molar-refractivity contribution in [3.8, 4) is 0 Å². The second-order valence-electron chi connectivity index (χ2n) is 8.67. The van der Waals surface area contributed by atoms with Crippen molar-refractivity contribution in [3.63, 3.8) is 0 Å². The fourth-order valence-corrected chi connectivity index (χ4v) is 4.56.